The summed E-state index contributed by atoms with van der Waals surface area (Å²) in [4.78, 5) is 24.9. The zero-order valence-electron chi connectivity index (χ0n) is 11.7. The maximum absolute atomic E-state index is 11.1. The van der Waals surface area contributed by atoms with Crippen molar-refractivity contribution in [3.05, 3.63) is 27.9 Å². The molecule has 1 unspecified atom stereocenters. The summed E-state index contributed by atoms with van der Waals surface area (Å²) in [6, 6.07) is 4.18. The van der Waals surface area contributed by atoms with Crippen molar-refractivity contribution in [3.8, 4) is 6.07 Å². The van der Waals surface area contributed by atoms with Gasteiger partial charge in [0.15, 0.2) is 0 Å². The maximum Gasteiger partial charge on any atom is 0.308 e. The molecule has 0 saturated heterocycles. The molecule has 8 heteroatoms. The van der Waals surface area contributed by atoms with E-state index in [9.17, 15) is 14.9 Å². The predicted molar refractivity (Wildman–Crippen MR) is 74.7 cm³/mol. The molecule has 1 rings (SSSR count). The van der Waals surface area contributed by atoms with Crippen LogP contribution in [0.1, 0.15) is 26.0 Å². The summed E-state index contributed by atoms with van der Waals surface area (Å²) in [6.07, 6.45) is 0.500. The van der Waals surface area contributed by atoms with Gasteiger partial charge in [-0.05, 0) is 18.4 Å². The lowest BCUT2D eigenvalue weighted by molar-refractivity contribution is -0.385. The first-order chi connectivity index (χ1) is 9.85. The van der Waals surface area contributed by atoms with Gasteiger partial charge in [-0.3, -0.25) is 14.9 Å². The highest BCUT2D eigenvalue weighted by molar-refractivity contribution is 5.70. The second kappa shape index (κ2) is 7.19. The molecule has 21 heavy (non-hydrogen) atoms. The van der Waals surface area contributed by atoms with Crippen molar-refractivity contribution in [2.75, 3.05) is 11.9 Å². The van der Waals surface area contributed by atoms with Crippen molar-refractivity contribution in [3.63, 3.8) is 0 Å². The number of nitriles is 1. The molecule has 1 heterocycles. The molecule has 112 valence electrons. The Hall–Kier alpha value is -2.69. The first-order valence-electron chi connectivity index (χ1n) is 6.37. The van der Waals surface area contributed by atoms with E-state index < -0.39 is 16.8 Å². The number of carbonyl (C=O) groups is 1. The van der Waals surface area contributed by atoms with E-state index in [0.29, 0.717) is 6.42 Å². The normalized spacial score (nSPS) is 11.7. The van der Waals surface area contributed by atoms with Crippen LogP contribution in [-0.2, 0) is 4.79 Å². The molecular formula is C13H16N4O4. The highest BCUT2D eigenvalue weighted by atomic mass is 16.6. The predicted octanol–water partition coefficient (Wildman–Crippen LogP) is 2.02. The Morgan fingerprint density at radius 2 is 2.24 bits per heavy atom. The Balaban J connectivity index is 2.82. The fourth-order valence-electron chi connectivity index (χ4n) is 1.85. The van der Waals surface area contributed by atoms with Crippen LogP contribution in [0.25, 0.3) is 0 Å². The summed E-state index contributed by atoms with van der Waals surface area (Å²) >= 11 is 0. The van der Waals surface area contributed by atoms with Gasteiger partial charge in [-0.15, -0.1) is 0 Å². The fourth-order valence-corrected chi connectivity index (χ4v) is 1.85. The lowest BCUT2D eigenvalue weighted by atomic mass is 9.97. The monoisotopic (exact) mass is 292 g/mol. The number of pyridine rings is 1. The fraction of sp³-hybridized carbons (Fsp3) is 0.462. The molecule has 1 aromatic heterocycles. The Bertz CT molecular complexity index is 580. The van der Waals surface area contributed by atoms with Gasteiger partial charge in [-0.2, -0.15) is 5.26 Å². The molecule has 0 aromatic carbocycles. The third-order valence-electron chi connectivity index (χ3n) is 2.81. The van der Waals surface area contributed by atoms with Crippen LogP contribution < -0.4 is 5.32 Å². The molecule has 0 saturated carbocycles. The van der Waals surface area contributed by atoms with Crippen molar-refractivity contribution in [1.29, 1.82) is 5.26 Å². The van der Waals surface area contributed by atoms with Crippen LogP contribution in [0.3, 0.4) is 0 Å². The second-order valence-corrected chi connectivity index (χ2v) is 4.98. The number of aromatic nitrogens is 1. The van der Waals surface area contributed by atoms with E-state index in [0.717, 1.165) is 0 Å². The second-order valence-electron chi connectivity index (χ2n) is 4.98. The minimum atomic E-state index is -0.918. The Morgan fingerprint density at radius 1 is 1.57 bits per heavy atom. The van der Waals surface area contributed by atoms with Crippen molar-refractivity contribution >= 4 is 17.5 Å². The molecule has 0 aliphatic carbocycles. The van der Waals surface area contributed by atoms with Gasteiger partial charge in [-0.1, -0.05) is 13.8 Å². The Kier molecular flexibility index (Phi) is 5.60. The third-order valence-corrected chi connectivity index (χ3v) is 2.81. The number of hydrogen-bond donors (Lipinski definition) is 2. The molecule has 8 nitrogen and oxygen atoms in total. The van der Waals surface area contributed by atoms with Crippen LogP contribution >= 0.6 is 0 Å². The highest BCUT2D eigenvalue weighted by Gasteiger charge is 2.20. The van der Waals surface area contributed by atoms with Gasteiger partial charge in [-0.25, -0.2) is 4.98 Å². The summed E-state index contributed by atoms with van der Waals surface area (Å²) in [5.74, 6) is -1.04. The van der Waals surface area contributed by atoms with E-state index in [-0.39, 0.29) is 29.7 Å². The molecule has 0 bridgehead atoms. The van der Waals surface area contributed by atoms with Crippen LogP contribution in [0.5, 0.6) is 0 Å². The van der Waals surface area contributed by atoms with E-state index in [1.165, 1.54) is 12.1 Å². The summed E-state index contributed by atoms with van der Waals surface area (Å²) in [5, 5.41) is 31.4. The number of anilines is 1. The summed E-state index contributed by atoms with van der Waals surface area (Å²) < 4.78 is 0. The quantitative estimate of drug-likeness (QED) is 0.580. The molecule has 0 aliphatic heterocycles. The number of aliphatic carboxylic acids is 1. The van der Waals surface area contributed by atoms with Crippen LogP contribution in [0.4, 0.5) is 11.5 Å². The van der Waals surface area contributed by atoms with Crippen LogP contribution in [0, 0.1) is 33.3 Å². The van der Waals surface area contributed by atoms with Crippen LogP contribution in [0.2, 0.25) is 0 Å². The lowest BCUT2D eigenvalue weighted by Crippen LogP contribution is -2.24. The van der Waals surface area contributed by atoms with Gasteiger partial charge in [0.05, 0.1) is 10.8 Å². The number of rotatable bonds is 7. The smallest absolute Gasteiger partial charge is 0.308 e. The number of hydrogen-bond acceptors (Lipinski definition) is 6. The van der Waals surface area contributed by atoms with Crippen LogP contribution in [-0.4, -0.2) is 27.5 Å². The van der Waals surface area contributed by atoms with E-state index in [1.807, 2.05) is 13.8 Å². The number of nitro groups is 1. The SMILES string of the molecule is CC(C)CC(CNc1ccc([N+](=O)[O-])c(C#N)n1)C(=O)O. The zero-order chi connectivity index (χ0) is 16.0. The van der Waals surface area contributed by atoms with Crippen molar-refractivity contribution in [1.82, 2.24) is 4.98 Å². The molecule has 2 N–H and O–H groups in total. The zero-order valence-corrected chi connectivity index (χ0v) is 11.7. The van der Waals surface area contributed by atoms with Gasteiger partial charge in [0.2, 0.25) is 5.69 Å². The maximum atomic E-state index is 11.1. The summed E-state index contributed by atoms with van der Waals surface area (Å²) in [7, 11) is 0. The lowest BCUT2D eigenvalue weighted by Gasteiger charge is -2.15. The van der Waals surface area contributed by atoms with E-state index >= 15 is 0 Å². The van der Waals surface area contributed by atoms with E-state index in [4.69, 9.17) is 10.4 Å². The van der Waals surface area contributed by atoms with Gasteiger partial charge in [0.25, 0.3) is 0 Å². The van der Waals surface area contributed by atoms with Gasteiger partial charge in [0.1, 0.15) is 11.9 Å². The van der Waals surface area contributed by atoms with Crippen molar-refractivity contribution in [2.24, 2.45) is 11.8 Å². The summed E-state index contributed by atoms with van der Waals surface area (Å²) in [5.41, 5.74) is -0.680. The molecule has 1 atom stereocenters. The highest BCUT2D eigenvalue weighted by Crippen LogP contribution is 2.19. The molecule has 0 aliphatic rings. The molecule has 0 radical (unpaired) electrons. The minimum Gasteiger partial charge on any atom is -0.481 e. The Morgan fingerprint density at radius 3 is 2.71 bits per heavy atom. The standard InChI is InChI=1S/C13H16N4O4/c1-8(2)5-9(13(18)19)7-15-12-4-3-11(17(20)21)10(6-14)16-12/h3-4,8-9H,5,7H2,1-2H3,(H,15,16)(H,18,19). The number of nitrogens with one attached hydrogen (secondary N) is 1. The van der Waals surface area contributed by atoms with Gasteiger partial charge >= 0.3 is 11.7 Å². The Labute approximate surface area is 121 Å². The molecule has 0 amide bonds. The summed E-state index contributed by atoms with van der Waals surface area (Å²) in [6.45, 7) is 3.99. The number of carboxylic acids is 1. The topological polar surface area (TPSA) is 129 Å². The van der Waals surface area contributed by atoms with Gasteiger partial charge in [0, 0.05) is 12.6 Å². The van der Waals surface area contributed by atoms with E-state index in [1.54, 1.807) is 6.07 Å². The molecule has 0 spiro atoms. The average Bonchev–Trinajstić information content (AvgIpc) is 2.42. The molecular weight excluding hydrogens is 276 g/mol. The first-order valence-corrected chi connectivity index (χ1v) is 6.37. The van der Waals surface area contributed by atoms with Crippen molar-refractivity contribution < 1.29 is 14.8 Å². The molecule has 0 fully saturated rings. The minimum absolute atomic E-state index is 0.142. The van der Waals surface area contributed by atoms with E-state index in [2.05, 4.69) is 10.3 Å². The van der Waals surface area contributed by atoms with Gasteiger partial charge < -0.3 is 10.4 Å². The number of carboxylic acid groups (broad SMARTS) is 1. The third kappa shape index (κ3) is 4.72. The molecule has 1 aromatic rings. The first kappa shape index (κ1) is 16.4. The largest absolute Gasteiger partial charge is 0.481 e. The number of nitrogens with zero attached hydrogens (tertiary/aromatic N) is 3. The van der Waals surface area contributed by atoms with Crippen LogP contribution in [0.15, 0.2) is 12.1 Å². The average molecular weight is 292 g/mol. The van der Waals surface area contributed by atoms with Crippen molar-refractivity contribution in [2.45, 2.75) is 20.3 Å².